The van der Waals surface area contributed by atoms with Gasteiger partial charge in [-0.25, -0.2) is 4.98 Å². The van der Waals surface area contributed by atoms with Gasteiger partial charge in [0.15, 0.2) is 17.1 Å². The standard InChI is InChI=1S/C22H19FN2O4/c1-12-7-20(23)25-11-15(12)14-5-6-24-16-10-17(29-21(14)16)13-8-18(26-2)22(28-4)19(9-13)27-3/h5-11H,1-4H3. The van der Waals surface area contributed by atoms with E-state index in [0.29, 0.717) is 34.1 Å². The lowest BCUT2D eigenvalue weighted by molar-refractivity contribution is 0.324. The number of hydrogen-bond acceptors (Lipinski definition) is 6. The SMILES string of the molecule is COc1cc(-c2cc3nccc(-c4cnc(F)cc4C)c3o2)cc(OC)c1OC. The summed E-state index contributed by atoms with van der Waals surface area (Å²) in [5, 5.41) is 0. The second-order valence-corrected chi connectivity index (χ2v) is 6.42. The largest absolute Gasteiger partial charge is 0.493 e. The van der Waals surface area contributed by atoms with Crippen molar-refractivity contribution in [1.29, 1.82) is 0 Å². The molecular formula is C22H19FN2O4. The van der Waals surface area contributed by atoms with Crippen molar-refractivity contribution >= 4 is 11.1 Å². The molecule has 0 radical (unpaired) electrons. The quantitative estimate of drug-likeness (QED) is 0.442. The summed E-state index contributed by atoms with van der Waals surface area (Å²) >= 11 is 0. The Balaban J connectivity index is 1.89. The van der Waals surface area contributed by atoms with Crippen LogP contribution in [0.3, 0.4) is 0 Å². The van der Waals surface area contributed by atoms with Gasteiger partial charge in [-0.1, -0.05) is 0 Å². The number of halogens is 1. The van der Waals surface area contributed by atoms with Gasteiger partial charge in [-0.05, 0) is 36.8 Å². The fourth-order valence-corrected chi connectivity index (χ4v) is 3.32. The van der Waals surface area contributed by atoms with E-state index in [1.165, 1.54) is 12.3 Å². The van der Waals surface area contributed by atoms with Crippen LogP contribution >= 0.6 is 0 Å². The molecule has 0 aliphatic carbocycles. The van der Waals surface area contributed by atoms with E-state index < -0.39 is 5.95 Å². The highest BCUT2D eigenvalue weighted by Gasteiger charge is 2.18. The predicted molar refractivity (Wildman–Crippen MR) is 107 cm³/mol. The number of methoxy groups -OCH3 is 3. The van der Waals surface area contributed by atoms with Crippen molar-refractivity contribution in [3.8, 4) is 39.7 Å². The average molecular weight is 394 g/mol. The first-order valence-corrected chi connectivity index (χ1v) is 8.87. The van der Waals surface area contributed by atoms with Crippen molar-refractivity contribution in [1.82, 2.24) is 9.97 Å². The van der Waals surface area contributed by atoms with Crippen LogP contribution in [0.15, 0.2) is 47.1 Å². The van der Waals surface area contributed by atoms with E-state index in [0.717, 1.165) is 22.3 Å². The first-order chi connectivity index (χ1) is 14.0. The van der Waals surface area contributed by atoms with Gasteiger partial charge in [0.2, 0.25) is 11.7 Å². The lowest BCUT2D eigenvalue weighted by Crippen LogP contribution is -1.95. The highest BCUT2D eigenvalue weighted by Crippen LogP contribution is 2.43. The van der Waals surface area contributed by atoms with Gasteiger partial charge >= 0.3 is 0 Å². The van der Waals surface area contributed by atoms with Crippen LogP contribution in [0.1, 0.15) is 5.56 Å². The summed E-state index contributed by atoms with van der Waals surface area (Å²) in [5.74, 6) is 1.62. The molecule has 0 saturated carbocycles. The minimum Gasteiger partial charge on any atom is -0.493 e. The van der Waals surface area contributed by atoms with Crippen molar-refractivity contribution in [2.24, 2.45) is 0 Å². The van der Waals surface area contributed by atoms with Crippen LogP contribution in [-0.4, -0.2) is 31.3 Å². The molecule has 0 fully saturated rings. The topological polar surface area (TPSA) is 66.6 Å². The normalized spacial score (nSPS) is 10.9. The van der Waals surface area contributed by atoms with Crippen molar-refractivity contribution in [3.05, 3.63) is 54.2 Å². The van der Waals surface area contributed by atoms with Crippen molar-refractivity contribution in [2.45, 2.75) is 6.92 Å². The fraction of sp³-hybridized carbons (Fsp3) is 0.182. The number of nitrogens with zero attached hydrogens (tertiary/aromatic N) is 2. The molecule has 0 N–H and O–H groups in total. The maximum atomic E-state index is 13.4. The molecule has 0 bridgehead atoms. The number of rotatable bonds is 5. The molecule has 0 spiro atoms. The van der Waals surface area contributed by atoms with Gasteiger partial charge < -0.3 is 18.6 Å². The Hall–Kier alpha value is -3.61. The Labute approximate surface area is 166 Å². The Bertz CT molecular complexity index is 1180. The first kappa shape index (κ1) is 18.7. The van der Waals surface area contributed by atoms with Gasteiger partial charge in [0, 0.05) is 35.2 Å². The van der Waals surface area contributed by atoms with Crippen LogP contribution in [-0.2, 0) is 0 Å². The van der Waals surface area contributed by atoms with Gasteiger partial charge in [0.05, 0.1) is 21.3 Å². The Morgan fingerprint density at radius 3 is 2.24 bits per heavy atom. The molecule has 0 saturated heterocycles. The summed E-state index contributed by atoms with van der Waals surface area (Å²) in [5.41, 5.74) is 4.35. The second kappa shape index (κ2) is 7.43. The fourth-order valence-electron chi connectivity index (χ4n) is 3.32. The zero-order valence-electron chi connectivity index (χ0n) is 16.4. The van der Waals surface area contributed by atoms with E-state index in [4.69, 9.17) is 18.6 Å². The zero-order chi connectivity index (χ0) is 20.5. The van der Waals surface area contributed by atoms with Gasteiger partial charge in [0.25, 0.3) is 0 Å². The molecule has 7 heteroatoms. The zero-order valence-corrected chi connectivity index (χ0v) is 16.4. The third kappa shape index (κ3) is 3.24. The lowest BCUT2D eigenvalue weighted by Gasteiger charge is -2.13. The minimum atomic E-state index is -0.519. The number of aromatic nitrogens is 2. The summed E-state index contributed by atoms with van der Waals surface area (Å²) in [4.78, 5) is 8.18. The molecule has 0 amide bonds. The smallest absolute Gasteiger partial charge is 0.213 e. The number of ether oxygens (including phenoxy) is 3. The van der Waals surface area contributed by atoms with Crippen LogP contribution in [0.5, 0.6) is 17.2 Å². The molecule has 6 nitrogen and oxygen atoms in total. The van der Waals surface area contributed by atoms with Gasteiger partial charge in [-0.2, -0.15) is 4.39 Å². The summed E-state index contributed by atoms with van der Waals surface area (Å²) < 4.78 is 35.8. The van der Waals surface area contributed by atoms with Crippen molar-refractivity contribution in [2.75, 3.05) is 21.3 Å². The Morgan fingerprint density at radius 2 is 1.62 bits per heavy atom. The molecule has 1 aromatic carbocycles. The minimum absolute atomic E-state index is 0.502. The van der Waals surface area contributed by atoms with E-state index >= 15 is 0 Å². The number of aryl methyl sites for hydroxylation is 1. The number of furan rings is 1. The summed E-state index contributed by atoms with van der Waals surface area (Å²) in [6.45, 7) is 1.83. The number of hydrogen-bond donors (Lipinski definition) is 0. The maximum absolute atomic E-state index is 13.4. The van der Waals surface area contributed by atoms with Crippen LogP contribution < -0.4 is 14.2 Å². The maximum Gasteiger partial charge on any atom is 0.213 e. The third-order valence-electron chi connectivity index (χ3n) is 4.73. The number of pyridine rings is 2. The van der Waals surface area contributed by atoms with Crippen molar-refractivity contribution in [3.63, 3.8) is 0 Å². The third-order valence-corrected chi connectivity index (χ3v) is 4.73. The molecule has 3 heterocycles. The van der Waals surface area contributed by atoms with Crippen LogP contribution in [0.4, 0.5) is 4.39 Å². The van der Waals surface area contributed by atoms with Gasteiger partial charge in [-0.3, -0.25) is 4.98 Å². The average Bonchev–Trinajstić information content (AvgIpc) is 3.17. The first-order valence-electron chi connectivity index (χ1n) is 8.87. The Kier molecular flexibility index (Phi) is 4.80. The van der Waals surface area contributed by atoms with Crippen LogP contribution in [0.2, 0.25) is 0 Å². The summed E-state index contributed by atoms with van der Waals surface area (Å²) in [6.07, 6.45) is 3.19. The number of benzene rings is 1. The molecule has 4 rings (SSSR count). The Morgan fingerprint density at radius 1 is 0.897 bits per heavy atom. The molecule has 0 atom stereocenters. The highest BCUT2D eigenvalue weighted by atomic mass is 19.1. The highest BCUT2D eigenvalue weighted by molar-refractivity contribution is 5.93. The molecule has 3 aromatic heterocycles. The van der Waals surface area contributed by atoms with E-state index in [1.54, 1.807) is 27.5 Å². The van der Waals surface area contributed by atoms with E-state index in [1.807, 2.05) is 31.2 Å². The molecule has 0 aliphatic rings. The summed E-state index contributed by atoms with van der Waals surface area (Å²) in [6, 6.07) is 8.68. The van der Waals surface area contributed by atoms with E-state index in [9.17, 15) is 4.39 Å². The van der Waals surface area contributed by atoms with E-state index in [2.05, 4.69) is 9.97 Å². The van der Waals surface area contributed by atoms with Crippen LogP contribution in [0, 0.1) is 12.9 Å². The molecule has 0 aliphatic heterocycles. The number of fused-ring (bicyclic) bond motifs is 1. The molecule has 0 unspecified atom stereocenters. The monoisotopic (exact) mass is 394 g/mol. The van der Waals surface area contributed by atoms with Gasteiger partial charge in [0.1, 0.15) is 11.3 Å². The van der Waals surface area contributed by atoms with Gasteiger partial charge in [-0.15, -0.1) is 0 Å². The molecule has 29 heavy (non-hydrogen) atoms. The van der Waals surface area contributed by atoms with E-state index in [-0.39, 0.29) is 0 Å². The predicted octanol–water partition coefficient (Wildman–Crippen LogP) is 5.03. The molecule has 4 aromatic rings. The second-order valence-electron chi connectivity index (χ2n) is 6.42. The van der Waals surface area contributed by atoms with Crippen molar-refractivity contribution < 1.29 is 23.0 Å². The molecular weight excluding hydrogens is 375 g/mol. The lowest BCUT2D eigenvalue weighted by atomic mass is 10.0. The van der Waals surface area contributed by atoms with Crippen LogP contribution in [0.25, 0.3) is 33.6 Å². The summed E-state index contributed by atoms with van der Waals surface area (Å²) in [7, 11) is 4.67. The molecule has 148 valence electrons.